The van der Waals surface area contributed by atoms with Crippen LogP contribution in [0.5, 0.6) is 0 Å². The average Bonchev–Trinajstić information content (AvgIpc) is 3.16. The van der Waals surface area contributed by atoms with E-state index in [1.165, 1.54) is 6.42 Å². The van der Waals surface area contributed by atoms with Crippen molar-refractivity contribution >= 4 is 27.3 Å². The minimum Gasteiger partial charge on any atom is -0.419 e. The zero-order valence-electron chi connectivity index (χ0n) is 11.3. The van der Waals surface area contributed by atoms with Crippen molar-refractivity contribution in [1.82, 2.24) is 20.4 Å². The summed E-state index contributed by atoms with van der Waals surface area (Å²) in [6, 6.07) is 4.56. The summed E-state index contributed by atoms with van der Waals surface area (Å²) in [6.07, 6.45) is 1.19. The molecule has 2 aromatic rings. The van der Waals surface area contributed by atoms with E-state index in [-0.39, 0.29) is 0 Å². The first-order valence-corrected chi connectivity index (χ1v) is 8.40. The minimum absolute atomic E-state index is 0.575. The number of aromatic nitrogens is 2. The molecule has 108 valence electrons. The molecule has 0 amide bonds. The Kier molecular flexibility index (Phi) is 4.50. The van der Waals surface area contributed by atoms with Crippen molar-refractivity contribution in [3.63, 3.8) is 0 Å². The molecule has 0 saturated carbocycles. The van der Waals surface area contributed by atoms with Gasteiger partial charge in [0.2, 0.25) is 5.89 Å². The van der Waals surface area contributed by atoms with Crippen LogP contribution in [0.3, 0.4) is 0 Å². The fourth-order valence-electron chi connectivity index (χ4n) is 2.47. The van der Waals surface area contributed by atoms with E-state index in [0.717, 1.165) is 34.8 Å². The van der Waals surface area contributed by atoms with Crippen LogP contribution in [0.2, 0.25) is 0 Å². The van der Waals surface area contributed by atoms with E-state index in [9.17, 15) is 0 Å². The Balaban J connectivity index is 1.69. The standard InChI is InChI=1S/C13H17BrN4OS/c1-2-18(9-5-6-15-7-9)8-12-16-17-13(19-12)10-3-4-11(14)20-10/h3-4,9,15H,2,5-8H2,1H3. The van der Waals surface area contributed by atoms with Crippen LogP contribution >= 0.6 is 27.3 Å². The van der Waals surface area contributed by atoms with Gasteiger partial charge in [0, 0.05) is 12.6 Å². The van der Waals surface area contributed by atoms with Crippen molar-refractivity contribution in [3.8, 4) is 10.8 Å². The SMILES string of the molecule is CCN(Cc1nnc(-c2ccc(Br)s2)o1)C1CCNC1. The molecule has 20 heavy (non-hydrogen) atoms. The number of likely N-dealkylation sites (N-methyl/N-ethyl adjacent to an activating group) is 1. The molecule has 0 radical (unpaired) electrons. The third-order valence-electron chi connectivity index (χ3n) is 3.55. The summed E-state index contributed by atoms with van der Waals surface area (Å²) in [4.78, 5) is 3.39. The fraction of sp³-hybridized carbons (Fsp3) is 0.538. The van der Waals surface area contributed by atoms with Crippen molar-refractivity contribution in [2.45, 2.75) is 25.9 Å². The highest BCUT2D eigenvalue weighted by molar-refractivity contribution is 9.11. The molecule has 1 aliphatic rings. The Morgan fingerprint density at radius 3 is 3.05 bits per heavy atom. The highest BCUT2D eigenvalue weighted by Crippen LogP contribution is 2.30. The van der Waals surface area contributed by atoms with E-state index in [1.54, 1.807) is 11.3 Å². The molecule has 1 unspecified atom stereocenters. The van der Waals surface area contributed by atoms with Gasteiger partial charge in [0.15, 0.2) is 0 Å². The van der Waals surface area contributed by atoms with Crippen LogP contribution in [-0.2, 0) is 6.54 Å². The van der Waals surface area contributed by atoms with Crippen LogP contribution in [0.25, 0.3) is 10.8 Å². The summed E-state index contributed by atoms with van der Waals surface area (Å²) >= 11 is 5.05. The molecule has 0 spiro atoms. The second-order valence-electron chi connectivity index (χ2n) is 4.81. The quantitative estimate of drug-likeness (QED) is 0.892. The number of halogens is 1. The Bertz CT molecular complexity index is 564. The molecule has 2 aromatic heterocycles. The lowest BCUT2D eigenvalue weighted by molar-refractivity contribution is 0.191. The molecule has 1 fully saturated rings. The predicted octanol–water partition coefficient (Wildman–Crippen LogP) is 2.74. The number of rotatable bonds is 5. The Labute approximate surface area is 130 Å². The van der Waals surface area contributed by atoms with Crippen LogP contribution in [0.15, 0.2) is 20.3 Å². The van der Waals surface area contributed by atoms with Gasteiger partial charge in [0.05, 0.1) is 15.2 Å². The fourth-order valence-corrected chi connectivity index (χ4v) is 3.78. The molecule has 1 saturated heterocycles. The van der Waals surface area contributed by atoms with Crippen LogP contribution in [-0.4, -0.2) is 40.8 Å². The van der Waals surface area contributed by atoms with Gasteiger partial charge in [-0.3, -0.25) is 4.90 Å². The van der Waals surface area contributed by atoms with Gasteiger partial charge in [0.1, 0.15) is 0 Å². The van der Waals surface area contributed by atoms with Gasteiger partial charge >= 0.3 is 0 Å². The van der Waals surface area contributed by atoms with Crippen molar-refractivity contribution in [2.75, 3.05) is 19.6 Å². The number of hydrogen-bond acceptors (Lipinski definition) is 6. The van der Waals surface area contributed by atoms with E-state index in [2.05, 4.69) is 43.3 Å². The van der Waals surface area contributed by atoms with E-state index in [4.69, 9.17) is 4.42 Å². The molecule has 0 aromatic carbocycles. The van der Waals surface area contributed by atoms with Gasteiger partial charge in [-0.15, -0.1) is 21.5 Å². The third-order valence-corrected chi connectivity index (χ3v) is 5.16. The monoisotopic (exact) mass is 356 g/mol. The second-order valence-corrected chi connectivity index (χ2v) is 7.28. The molecule has 1 N–H and O–H groups in total. The van der Waals surface area contributed by atoms with Crippen molar-refractivity contribution in [1.29, 1.82) is 0 Å². The summed E-state index contributed by atoms with van der Waals surface area (Å²) in [7, 11) is 0. The maximum Gasteiger partial charge on any atom is 0.257 e. The van der Waals surface area contributed by atoms with Crippen LogP contribution in [0, 0.1) is 0 Å². The van der Waals surface area contributed by atoms with E-state index >= 15 is 0 Å². The van der Waals surface area contributed by atoms with Gasteiger partial charge in [-0.2, -0.15) is 0 Å². The zero-order valence-corrected chi connectivity index (χ0v) is 13.7. The third kappa shape index (κ3) is 3.11. The number of hydrogen-bond donors (Lipinski definition) is 1. The Hall–Kier alpha value is -0.760. The maximum atomic E-state index is 5.78. The number of nitrogens with one attached hydrogen (secondary N) is 1. The van der Waals surface area contributed by atoms with Gasteiger partial charge in [-0.05, 0) is 47.6 Å². The zero-order chi connectivity index (χ0) is 13.9. The molecule has 1 aliphatic heterocycles. The first-order valence-electron chi connectivity index (χ1n) is 6.79. The van der Waals surface area contributed by atoms with Gasteiger partial charge in [-0.1, -0.05) is 6.92 Å². The summed E-state index contributed by atoms with van der Waals surface area (Å²) in [5.41, 5.74) is 0. The Morgan fingerprint density at radius 2 is 2.40 bits per heavy atom. The molecule has 3 heterocycles. The normalized spacial score (nSPS) is 19.1. The molecule has 7 heteroatoms. The summed E-state index contributed by atoms with van der Waals surface area (Å²) < 4.78 is 6.85. The lowest BCUT2D eigenvalue weighted by atomic mass is 10.2. The number of thiophene rings is 1. The van der Waals surface area contributed by atoms with E-state index in [0.29, 0.717) is 17.8 Å². The Morgan fingerprint density at radius 1 is 1.50 bits per heavy atom. The largest absolute Gasteiger partial charge is 0.419 e. The van der Waals surface area contributed by atoms with Gasteiger partial charge in [0.25, 0.3) is 5.89 Å². The molecule has 0 aliphatic carbocycles. The maximum absolute atomic E-state index is 5.78. The second kappa shape index (κ2) is 6.34. The molecule has 5 nitrogen and oxygen atoms in total. The minimum atomic E-state index is 0.575. The highest BCUT2D eigenvalue weighted by Gasteiger charge is 2.23. The van der Waals surface area contributed by atoms with Crippen molar-refractivity contribution in [3.05, 3.63) is 21.8 Å². The van der Waals surface area contributed by atoms with Gasteiger partial charge < -0.3 is 9.73 Å². The summed E-state index contributed by atoms with van der Waals surface area (Å²) in [5.74, 6) is 1.30. The van der Waals surface area contributed by atoms with Crippen LogP contribution in [0.4, 0.5) is 0 Å². The predicted molar refractivity (Wildman–Crippen MR) is 82.7 cm³/mol. The van der Waals surface area contributed by atoms with Crippen molar-refractivity contribution in [2.24, 2.45) is 0 Å². The first kappa shape index (κ1) is 14.2. The molecule has 3 rings (SSSR count). The molecular weight excluding hydrogens is 340 g/mol. The average molecular weight is 357 g/mol. The summed E-state index contributed by atoms with van der Waals surface area (Å²) in [6.45, 7) is 6.04. The topological polar surface area (TPSA) is 54.2 Å². The van der Waals surface area contributed by atoms with Crippen LogP contribution in [0.1, 0.15) is 19.2 Å². The molecule has 0 bridgehead atoms. The first-order chi connectivity index (χ1) is 9.76. The number of nitrogens with zero attached hydrogens (tertiary/aromatic N) is 3. The van der Waals surface area contributed by atoms with E-state index in [1.807, 2.05) is 12.1 Å². The smallest absolute Gasteiger partial charge is 0.257 e. The highest BCUT2D eigenvalue weighted by atomic mass is 79.9. The lowest BCUT2D eigenvalue weighted by Crippen LogP contribution is -2.36. The molecular formula is C13H17BrN4OS. The summed E-state index contributed by atoms with van der Waals surface area (Å²) in [5, 5.41) is 11.7. The lowest BCUT2D eigenvalue weighted by Gasteiger charge is -2.24. The van der Waals surface area contributed by atoms with Gasteiger partial charge in [-0.25, -0.2) is 0 Å². The van der Waals surface area contributed by atoms with Crippen molar-refractivity contribution < 1.29 is 4.42 Å². The molecule has 1 atom stereocenters. The van der Waals surface area contributed by atoms with Crippen LogP contribution < -0.4 is 5.32 Å². The van der Waals surface area contributed by atoms with E-state index < -0.39 is 0 Å².